The number of carbonyl (C=O) groups excluding carboxylic acids is 2. The SMILES string of the molecule is CCCCCCC(C[n+]1ccncc1)=C(C(=O)OC)C(=O)OC.FC(F)(F)c1cc([B-](c2cc(C(F)(F)F)cc(C(F)(F)F)c2)(c2cc(C(F)(F)F)cc(C(F)(F)F)c2)c2cc(C(F)(F)F)cc(C(F)(F)F)c2)cc(C(F)(F)F)c1. The summed E-state index contributed by atoms with van der Waals surface area (Å²) in [5.41, 5.74) is -29.5. The highest BCUT2D eigenvalue weighted by atomic mass is 19.4. The van der Waals surface area contributed by atoms with Crippen LogP contribution in [0.25, 0.3) is 0 Å². The third kappa shape index (κ3) is 16.1. The molecule has 0 atom stereocenters. The fraction of sp³-hybridized carbons (Fsp3) is 0.347. The molecule has 0 N–H and O–H groups in total. The number of nitrogens with zero attached hydrogens (tertiary/aromatic N) is 2. The van der Waals surface area contributed by atoms with Crippen molar-refractivity contribution in [3.63, 3.8) is 0 Å². The van der Waals surface area contributed by atoms with Crippen LogP contribution in [0.15, 0.2) is 109 Å². The number of methoxy groups -OCH3 is 2. The number of carbonyl (C=O) groups is 2. The Bertz CT molecular complexity index is 2570. The van der Waals surface area contributed by atoms with Gasteiger partial charge in [-0.05, 0) is 37.1 Å². The van der Waals surface area contributed by atoms with Crippen LogP contribution >= 0.6 is 0 Å². The minimum absolute atomic E-state index is 0.00388. The van der Waals surface area contributed by atoms with Gasteiger partial charge in [0.1, 0.15) is 11.7 Å². The number of alkyl halides is 24. The lowest BCUT2D eigenvalue weighted by atomic mass is 9.12. The molecule has 0 unspecified atom stereocenters. The van der Waals surface area contributed by atoms with Gasteiger partial charge in [-0.2, -0.15) is 132 Å². The van der Waals surface area contributed by atoms with E-state index >= 15 is 0 Å². The second-order valence-corrected chi connectivity index (χ2v) is 17.4. The van der Waals surface area contributed by atoms with Gasteiger partial charge in [0.05, 0.1) is 71.1 Å². The summed E-state index contributed by atoms with van der Waals surface area (Å²) >= 11 is 0. The van der Waals surface area contributed by atoms with Crippen LogP contribution in [0.4, 0.5) is 105 Å². The number of halogens is 24. The first kappa shape index (κ1) is 65.5. The highest BCUT2D eigenvalue weighted by Crippen LogP contribution is 2.41. The first-order valence-corrected chi connectivity index (χ1v) is 22.4. The molecule has 0 aliphatic carbocycles. The average molecular weight is 1180 g/mol. The van der Waals surface area contributed by atoms with Crippen LogP contribution < -0.4 is 26.4 Å². The maximum Gasteiger partial charge on any atom is 0.416 e. The molecule has 4 aromatic carbocycles. The summed E-state index contributed by atoms with van der Waals surface area (Å²) in [5.74, 6) is -1.31. The number of aromatic nitrogens is 2. The van der Waals surface area contributed by atoms with E-state index in [9.17, 15) is 115 Å². The van der Waals surface area contributed by atoms with Gasteiger partial charge < -0.3 is 9.47 Å². The molecule has 5 aromatic rings. The predicted octanol–water partition coefficient (Wildman–Crippen LogP) is 13.2. The van der Waals surface area contributed by atoms with Gasteiger partial charge in [-0.15, -0.1) is 0 Å². The average Bonchev–Trinajstić information content (AvgIpc) is 3.33. The van der Waals surface area contributed by atoms with Crippen LogP contribution in [0.2, 0.25) is 0 Å². The summed E-state index contributed by atoms with van der Waals surface area (Å²) in [7, 11) is 2.53. The van der Waals surface area contributed by atoms with Gasteiger partial charge in [-0.3, -0.25) is 4.98 Å². The molecular formula is C49H37BF24N2O4. The first-order valence-electron chi connectivity index (χ1n) is 22.4. The Hall–Kier alpha value is -6.98. The predicted molar refractivity (Wildman–Crippen MR) is 234 cm³/mol. The van der Waals surface area contributed by atoms with Crippen molar-refractivity contribution in [2.45, 2.75) is 95.0 Å². The van der Waals surface area contributed by atoms with Crippen molar-refractivity contribution in [3.05, 3.63) is 153 Å². The van der Waals surface area contributed by atoms with Crippen molar-refractivity contribution in [2.24, 2.45) is 0 Å². The molecule has 5 rings (SSSR count). The summed E-state index contributed by atoms with van der Waals surface area (Å²) in [5, 5.41) is 0. The number of rotatable bonds is 13. The van der Waals surface area contributed by atoms with Gasteiger partial charge in [0.15, 0.2) is 18.9 Å². The second kappa shape index (κ2) is 24.0. The van der Waals surface area contributed by atoms with Crippen molar-refractivity contribution in [1.82, 2.24) is 4.98 Å². The quantitative estimate of drug-likeness (QED) is 0.0172. The Morgan fingerprint density at radius 2 is 0.662 bits per heavy atom. The van der Waals surface area contributed by atoms with E-state index in [1.807, 2.05) is 4.57 Å². The van der Waals surface area contributed by atoms with E-state index in [1.165, 1.54) is 14.2 Å². The standard InChI is InChI=1S/C32H12BF24.C17H25N2O4/c34-25(35,36)13-1-14(26(37,38)39)6-21(5-13)33(22-7-15(27(40,41)42)2-16(8-22)28(43,44)45,23-9-17(29(46,47)48)3-18(10-23)30(49,50)51)24-11-19(31(52,53)54)4-20(12-24)32(55,56)57;1-4-5-6-7-8-14(13-19-11-9-18-10-12-19)15(16(20)22-2)17(21)23-3/h1-12H;9-12H,4-8,13H2,1-3H3/q-1;+1. The smallest absolute Gasteiger partial charge is 0.416 e. The molecule has 1 heterocycles. The maximum atomic E-state index is 14.2. The van der Waals surface area contributed by atoms with E-state index in [0.717, 1.165) is 31.3 Å². The summed E-state index contributed by atoms with van der Waals surface area (Å²) in [6, 6.07) is -8.81. The first-order chi connectivity index (χ1) is 36.4. The van der Waals surface area contributed by atoms with Crippen molar-refractivity contribution < 1.29 is 129 Å². The van der Waals surface area contributed by atoms with Gasteiger partial charge >= 0.3 is 61.3 Å². The highest BCUT2D eigenvalue weighted by Gasteiger charge is 2.47. The van der Waals surface area contributed by atoms with E-state index in [-0.39, 0.29) is 5.57 Å². The van der Waals surface area contributed by atoms with E-state index in [4.69, 9.17) is 9.47 Å². The minimum Gasteiger partial charge on any atom is -0.465 e. The second-order valence-electron chi connectivity index (χ2n) is 17.4. The van der Waals surface area contributed by atoms with Gasteiger partial charge in [0.2, 0.25) is 0 Å². The number of hydrogen-bond donors (Lipinski definition) is 0. The van der Waals surface area contributed by atoms with E-state index in [2.05, 4.69) is 11.9 Å². The maximum absolute atomic E-state index is 14.2. The van der Waals surface area contributed by atoms with E-state index in [0.29, 0.717) is 13.0 Å². The summed E-state index contributed by atoms with van der Waals surface area (Å²) in [4.78, 5) is 28.0. The Morgan fingerprint density at radius 3 is 0.875 bits per heavy atom. The van der Waals surface area contributed by atoms with Crippen molar-refractivity contribution in [1.29, 1.82) is 0 Å². The van der Waals surface area contributed by atoms with Crippen molar-refractivity contribution in [2.75, 3.05) is 14.2 Å². The molecule has 438 valence electrons. The lowest BCUT2D eigenvalue weighted by Crippen LogP contribution is -2.75. The monoisotopic (exact) mass is 1180 g/mol. The molecule has 0 aliphatic heterocycles. The van der Waals surface area contributed by atoms with E-state index < -0.39 is 207 Å². The molecule has 0 amide bonds. The highest BCUT2D eigenvalue weighted by molar-refractivity contribution is 7.20. The molecular weight excluding hydrogens is 1150 g/mol. The molecule has 0 radical (unpaired) electrons. The molecule has 0 fully saturated rings. The van der Waals surface area contributed by atoms with Crippen molar-refractivity contribution >= 4 is 39.9 Å². The van der Waals surface area contributed by atoms with Gasteiger partial charge in [0, 0.05) is 5.57 Å². The normalized spacial score (nSPS) is 13.1. The number of unbranched alkanes of at least 4 members (excludes halogenated alkanes) is 3. The van der Waals surface area contributed by atoms with Gasteiger partial charge in [-0.25, -0.2) is 9.59 Å². The number of esters is 2. The van der Waals surface area contributed by atoms with E-state index in [1.54, 1.807) is 24.8 Å². The van der Waals surface area contributed by atoms with Gasteiger partial charge in [-0.1, -0.05) is 74.7 Å². The lowest BCUT2D eigenvalue weighted by molar-refractivity contribution is -0.689. The van der Waals surface area contributed by atoms with Crippen LogP contribution in [0.3, 0.4) is 0 Å². The third-order valence-electron chi connectivity index (χ3n) is 12.0. The third-order valence-corrected chi connectivity index (χ3v) is 12.0. The zero-order valence-electron chi connectivity index (χ0n) is 40.7. The number of benzene rings is 4. The molecule has 80 heavy (non-hydrogen) atoms. The largest absolute Gasteiger partial charge is 0.465 e. The van der Waals surface area contributed by atoms with Gasteiger partial charge in [0.25, 0.3) is 0 Å². The Morgan fingerprint density at radius 1 is 0.412 bits per heavy atom. The molecule has 0 saturated heterocycles. The fourth-order valence-corrected chi connectivity index (χ4v) is 8.37. The zero-order valence-corrected chi connectivity index (χ0v) is 40.7. The molecule has 1 aromatic heterocycles. The fourth-order valence-electron chi connectivity index (χ4n) is 8.37. The molecule has 0 bridgehead atoms. The summed E-state index contributed by atoms with van der Waals surface area (Å²) in [6.07, 6.45) is -43.1. The zero-order chi connectivity index (χ0) is 61.0. The Balaban J connectivity index is 0.000000500. The number of ether oxygens (including phenoxy) is 2. The van der Waals surface area contributed by atoms with Crippen LogP contribution in [0.1, 0.15) is 83.5 Å². The molecule has 0 spiro atoms. The number of allylic oxidation sites excluding steroid dienone is 1. The van der Waals surface area contributed by atoms with Crippen LogP contribution in [-0.4, -0.2) is 37.3 Å². The van der Waals surface area contributed by atoms with Crippen LogP contribution in [0, 0.1) is 0 Å². The lowest BCUT2D eigenvalue weighted by Gasteiger charge is -2.46. The van der Waals surface area contributed by atoms with Crippen LogP contribution in [-0.2, 0) is 75.0 Å². The minimum atomic E-state index is -6.13. The molecule has 0 saturated carbocycles. The summed E-state index contributed by atoms with van der Waals surface area (Å²) < 4.78 is 352. The molecule has 0 aliphatic rings. The summed E-state index contributed by atoms with van der Waals surface area (Å²) in [6.45, 7) is 2.56. The molecule has 31 heteroatoms. The molecule has 6 nitrogen and oxygen atoms in total. The Labute approximate surface area is 435 Å². The number of hydrogen-bond acceptors (Lipinski definition) is 5. The van der Waals surface area contributed by atoms with Crippen LogP contribution in [0.5, 0.6) is 0 Å². The Kier molecular flexibility index (Phi) is 19.7. The topological polar surface area (TPSA) is 69.4 Å². The van der Waals surface area contributed by atoms with Crippen molar-refractivity contribution in [3.8, 4) is 0 Å².